The number of amides is 1. The van der Waals surface area contributed by atoms with E-state index in [0.29, 0.717) is 13.1 Å². The van der Waals surface area contributed by atoms with Gasteiger partial charge in [-0.05, 0) is 42.7 Å². The average molecular weight is 447 g/mol. The van der Waals surface area contributed by atoms with Crippen LogP contribution in [0.15, 0.2) is 55.1 Å². The Morgan fingerprint density at radius 2 is 1.84 bits per heavy atom. The lowest BCUT2D eigenvalue weighted by molar-refractivity contribution is 0.0595. The molecule has 4 aromatic rings. The Morgan fingerprint density at radius 3 is 2.53 bits per heavy atom. The predicted molar refractivity (Wildman–Crippen MR) is 126 cm³/mol. The first-order chi connectivity index (χ1) is 15.6. The van der Waals surface area contributed by atoms with Crippen molar-refractivity contribution in [2.45, 2.75) is 39.3 Å². The van der Waals surface area contributed by atoms with E-state index in [1.54, 1.807) is 23.9 Å². The number of hydrogen-bond acceptors (Lipinski definition) is 5. The van der Waals surface area contributed by atoms with E-state index in [1.807, 2.05) is 39.9 Å². The number of hydrogen-bond donors (Lipinski definition) is 0. The number of ether oxygens (including phenoxy) is 1. The van der Waals surface area contributed by atoms with Crippen LogP contribution in [0.4, 0.5) is 0 Å². The highest BCUT2D eigenvalue weighted by atomic mass is 32.1. The van der Waals surface area contributed by atoms with Gasteiger partial charge in [-0.1, -0.05) is 35.6 Å². The van der Waals surface area contributed by atoms with Gasteiger partial charge in [0.25, 0.3) is 11.1 Å². The molecule has 1 fully saturated rings. The molecular weight excluding hydrogens is 420 g/mol. The molecule has 0 saturated carbocycles. The second kappa shape index (κ2) is 8.74. The van der Waals surface area contributed by atoms with E-state index >= 15 is 0 Å². The predicted octanol–water partition coefficient (Wildman–Crippen LogP) is 4.84. The van der Waals surface area contributed by atoms with Crippen LogP contribution in [0.3, 0.4) is 0 Å². The summed E-state index contributed by atoms with van der Waals surface area (Å²) < 4.78 is 9.42. The minimum atomic E-state index is 0.0869. The zero-order valence-corrected chi connectivity index (χ0v) is 19.1. The molecule has 3 heterocycles. The molecule has 5 rings (SSSR count). The number of carbonyl (C=O) groups excluding carboxylic acids is 1. The second-order valence-corrected chi connectivity index (χ2v) is 9.36. The molecule has 1 saturated heterocycles. The summed E-state index contributed by atoms with van der Waals surface area (Å²) in [7, 11) is 0. The van der Waals surface area contributed by atoms with Crippen LogP contribution >= 0.6 is 11.3 Å². The van der Waals surface area contributed by atoms with Crippen molar-refractivity contribution in [3.63, 3.8) is 0 Å². The van der Waals surface area contributed by atoms with Gasteiger partial charge >= 0.3 is 0 Å². The van der Waals surface area contributed by atoms with Gasteiger partial charge in [0, 0.05) is 50.4 Å². The Kier molecular flexibility index (Phi) is 5.66. The largest absolute Gasteiger partial charge is 0.467 e. The van der Waals surface area contributed by atoms with Crippen LogP contribution in [0.5, 0.6) is 5.19 Å². The summed E-state index contributed by atoms with van der Waals surface area (Å²) in [6.45, 7) is 6.34. The third-order valence-electron chi connectivity index (χ3n) is 6.04. The van der Waals surface area contributed by atoms with E-state index in [0.717, 1.165) is 41.2 Å². The summed E-state index contributed by atoms with van der Waals surface area (Å²) in [6, 6.07) is 12.1. The van der Waals surface area contributed by atoms with Crippen LogP contribution in [-0.4, -0.2) is 44.5 Å². The first kappa shape index (κ1) is 20.7. The van der Waals surface area contributed by atoms with Crippen molar-refractivity contribution in [2.75, 3.05) is 13.1 Å². The lowest BCUT2D eigenvalue weighted by atomic mass is 10.1. The molecule has 0 spiro atoms. The molecule has 1 amide bonds. The number of aromatic nitrogens is 3. The summed E-state index contributed by atoms with van der Waals surface area (Å²) in [5, 5.41) is 0.732. The van der Waals surface area contributed by atoms with Crippen LogP contribution in [0.2, 0.25) is 0 Å². The molecule has 0 unspecified atom stereocenters. The van der Waals surface area contributed by atoms with Crippen molar-refractivity contribution in [2.24, 2.45) is 0 Å². The molecule has 7 heteroatoms. The van der Waals surface area contributed by atoms with Gasteiger partial charge in [0.2, 0.25) is 0 Å². The molecule has 0 bridgehead atoms. The Morgan fingerprint density at radius 1 is 1.09 bits per heavy atom. The van der Waals surface area contributed by atoms with E-state index in [-0.39, 0.29) is 12.0 Å². The number of carbonyl (C=O) groups is 1. The fourth-order valence-electron chi connectivity index (χ4n) is 4.14. The van der Waals surface area contributed by atoms with E-state index < -0.39 is 0 Å². The third-order valence-corrected chi connectivity index (χ3v) is 7.13. The Labute approximate surface area is 191 Å². The Hall–Kier alpha value is -3.19. The third kappa shape index (κ3) is 4.25. The van der Waals surface area contributed by atoms with Gasteiger partial charge < -0.3 is 14.2 Å². The fourth-order valence-corrected chi connectivity index (χ4v) is 5.16. The number of nitrogens with zero attached hydrogens (tertiary/aromatic N) is 4. The molecule has 0 N–H and O–H groups in total. The van der Waals surface area contributed by atoms with E-state index in [9.17, 15) is 4.79 Å². The SMILES string of the molecule is Cc1ccc(C)c2sc(OC3CCN(C(=O)c4ccc(Cn5ccnc5)cc4)CC3)nc12. The van der Waals surface area contributed by atoms with Crippen molar-refractivity contribution >= 4 is 27.5 Å². The Bertz CT molecular complexity index is 1180. The molecule has 0 aliphatic carbocycles. The van der Waals surface area contributed by atoms with Crippen molar-refractivity contribution in [3.8, 4) is 5.19 Å². The molecule has 2 aromatic carbocycles. The van der Waals surface area contributed by atoms with Crippen LogP contribution < -0.4 is 4.74 Å². The molecule has 32 heavy (non-hydrogen) atoms. The maximum absolute atomic E-state index is 12.9. The summed E-state index contributed by atoms with van der Waals surface area (Å²) in [4.78, 5) is 23.7. The van der Waals surface area contributed by atoms with Gasteiger partial charge in [-0.25, -0.2) is 9.97 Å². The second-order valence-electron chi connectivity index (χ2n) is 8.40. The number of aryl methyl sites for hydroxylation is 2. The van der Waals surface area contributed by atoms with Gasteiger partial charge in [-0.3, -0.25) is 4.79 Å². The zero-order chi connectivity index (χ0) is 22.1. The first-order valence-corrected chi connectivity index (χ1v) is 11.8. The van der Waals surface area contributed by atoms with Gasteiger partial charge in [0.15, 0.2) is 0 Å². The number of fused-ring (bicyclic) bond motifs is 1. The number of thiazole rings is 1. The lowest BCUT2D eigenvalue weighted by Crippen LogP contribution is -2.41. The zero-order valence-electron chi connectivity index (χ0n) is 18.3. The van der Waals surface area contributed by atoms with Gasteiger partial charge in [0.05, 0.1) is 16.5 Å². The van der Waals surface area contributed by atoms with Crippen LogP contribution in [-0.2, 0) is 6.54 Å². The van der Waals surface area contributed by atoms with Gasteiger partial charge in [0.1, 0.15) is 6.10 Å². The van der Waals surface area contributed by atoms with Crippen molar-refractivity contribution in [3.05, 3.63) is 77.4 Å². The summed E-state index contributed by atoms with van der Waals surface area (Å²) >= 11 is 1.62. The molecule has 1 aliphatic heterocycles. The van der Waals surface area contributed by atoms with Crippen molar-refractivity contribution in [1.29, 1.82) is 0 Å². The molecule has 6 nitrogen and oxygen atoms in total. The molecular formula is C25H26N4O2S. The topological polar surface area (TPSA) is 60.2 Å². The number of likely N-dealkylation sites (tertiary alicyclic amines) is 1. The minimum absolute atomic E-state index is 0.0869. The van der Waals surface area contributed by atoms with Crippen LogP contribution in [0.25, 0.3) is 10.2 Å². The Balaban J connectivity index is 1.18. The highest BCUT2D eigenvalue weighted by Gasteiger charge is 2.25. The van der Waals surface area contributed by atoms with E-state index in [2.05, 4.69) is 31.0 Å². The lowest BCUT2D eigenvalue weighted by Gasteiger charge is -2.31. The minimum Gasteiger partial charge on any atom is -0.467 e. The summed E-state index contributed by atoms with van der Waals surface area (Å²) in [5.74, 6) is 0.0869. The molecule has 0 atom stereocenters. The smallest absolute Gasteiger partial charge is 0.274 e. The fraction of sp³-hybridized carbons (Fsp3) is 0.320. The monoisotopic (exact) mass is 446 g/mol. The standard InChI is InChI=1S/C25H26N4O2S/c1-17-3-4-18(2)23-22(17)27-25(32-23)31-21-9-12-29(13-10-21)24(30)20-7-5-19(6-8-20)15-28-14-11-26-16-28/h3-8,11,14,16,21H,9-10,12-13,15H2,1-2H3. The van der Waals surface area contributed by atoms with Crippen LogP contribution in [0.1, 0.15) is 39.9 Å². The normalized spacial score (nSPS) is 14.8. The number of piperidine rings is 1. The molecule has 2 aromatic heterocycles. The molecule has 0 radical (unpaired) electrons. The number of rotatable bonds is 5. The average Bonchev–Trinajstić information content (AvgIpc) is 3.48. The molecule has 164 valence electrons. The van der Waals surface area contributed by atoms with Gasteiger partial charge in [-0.15, -0.1) is 0 Å². The maximum atomic E-state index is 12.9. The quantitative estimate of drug-likeness (QED) is 0.440. The van der Waals surface area contributed by atoms with Crippen molar-refractivity contribution in [1.82, 2.24) is 19.4 Å². The van der Waals surface area contributed by atoms with E-state index in [4.69, 9.17) is 9.72 Å². The van der Waals surface area contributed by atoms with Crippen LogP contribution in [0, 0.1) is 13.8 Å². The maximum Gasteiger partial charge on any atom is 0.274 e. The van der Waals surface area contributed by atoms with E-state index in [1.165, 1.54) is 15.8 Å². The van der Waals surface area contributed by atoms with Crippen molar-refractivity contribution < 1.29 is 9.53 Å². The summed E-state index contributed by atoms with van der Waals surface area (Å²) in [5.41, 5.74) is 5.32. The van der Waals surface area contributed by atoms with Gasteiger partial charge in [-0.2, -0.15) is 0 Å². The molecule has 1 aliphatic rings. The first-order valence-electron chi connectivity index (χ1n) is 10.9. The summed E-state index contributed by atoms with van der Waals surface area (Å²) in [6.07, 6.45) is 7.22. The highest BCUT2D eigenvalue weighted by molar-refractivity contribution is 7.20. The number of imidazole rings is 1. The number of benzene rings is 2. The highest BCUT2D eigenvalue weighted by Crippen LogP contribution is 2.33.